The van der Waals surface area contributed by atoms with Gasteiger partial charge in [0.2, 0.25) is 0 Å². The van der Waals surface area contributed by atoms with Crippen molar-refractivity contribution in [3.63, 3.8) is 0 Å². The topological polar surface area (TPSA) is 38.9 Å². The van der Waals surface area contributed by atoms with Crippen LogP contribution >= 0.6 is 11.3 Å². The Labute approximate surface area is 327 Å². The summed E-state index contributed by atoms with van der Waals surface area (Å²) in [6, 6.07) is 68.6. The van der Waals surface area contributed by atoms with E-state index >= 15 is 0 Å². The van der Waals surface area contributed by atoms with E-state index in [-0.39, 0.29) is 0 Å². The molecular formula is C52H32N2OS. The molecule has 0 bridgehead atoms. The Morgan fingerprint density at radius 2 is 0.911 bits per heavy atom. The zero-order chi connectivity index (χ0) is 37.0. The Morgan fingerprint density at radius 3 is 1.71 bits per heavy atom. The average molecular weight is 733 g/mol. The van der Waals surface area contributed by atoms with Crippen molar-refractivity contribution in [2.45, 2.75) is 0 Å². The second-order valence-corrected chi connectivity index (χ2v) is 15.2. The van der Waals surface area contributed by atoms with Crippen molar-refractivity contribution in [1.82, 2.24) is 9.97 Å². The van der Waals surface area contributed by atoms with E-state index in [0.717, 1.165) is 72.3 Å². The van der Waals surface area contributed by atoms with Crippen LogP contribution in [0.5, 0.6) is 0 Å². The molecule has 4 heteroatoms. The minimum absolute atomic E-state index is 0.685. The van der Waals surface area contributed by atoms with E-state index in [1.807, 2.05) is 47.7 Å². The molecule has 0 fully saturated rings. The molecule has 0 unspecified atom stereocenters. The Kier molecular flexibility index (Phi) is 7.68. The maximum atomic E-state index is 6.62. The predicted molar refractivity (Wildman–Crippen MR) is 235 cm³/mol. The first kappa shape index (κ1) is 32.3. The smallest absolute Gasteiger partial charge is 0.160 e. The molecule has 0 atom stereocenters. The first-order valence-corrected chi connectivity index (χ1v) is 19.6. The number of furan rings is 1. The van der Waals surface area contributed by atoms with Crippen LogP contribution in [-0.2, 0) is 0 Å². The fourth-order valence-corrected chi connectivity index (χ4v) is 9.10. The van der Waals surface area contributed by atoms with E-state index in [1.165, 1.54) is 31.3 Å². The zero-order valence-corrected chi connectivity index (χ0v) is 31.0. The summed E-state index contributed by atoms with van der Waals surface area (Å²) in [6.45, 7) is 0. The molecule has 0 aliphatic carbocycles. The van der Waals surface area contributed by atoms with Crippen LogP contribution in [0, 0.1) is 0 Å². The summed E-state index contributed by atoms with van der Waals surface area (Å²) >= 11 is 1.85. The van der Waals surface area contributed by atoms with Crippen LogP contribution in [0.15, 0.2) is 199 Å². The van der Waals surface area contributed by atoms with Gasteiger partial charge < -0.3 is 4.42 Å². The lowest BCUT2D eigenvalue weighted by Crippen LogP contribution is -1.96. The van der Waals surface area contributed by atoms with Gasteiger partial charge >= 0.3 is 0 Å². The zero-order valence-electron chi connectivity index (χ0n) is 30.2. The van der Waals surface area contributed by atoms with Gasteiger partial charge in [0.05, 0.1) is 11.4 Å². The minimum atomic E-state index is 0.685. The van der Waals surface area contributed by atoms with Crippen molar-refractivity contribution >= 4 is 53.4 Å². The second-order valence-electron chi connectivity index (χ2n) is 14.1. The molecule has 56 heavy (non-hydrogen) atoms. The van der Waals surface area contributed by atoms with E-state index in [1.54, 1.807) is 0 Å². The molecule has 0 saturated carbocycles. The summed E-state index contributed by atoms with van der Waals surface area (Å²) < 4.78 is 9.22. The third-order valence-corrected chi connectivity index (χ3v) is 11.8. The molecule has 3 aromatic heterocycles. The quantitative estimate of drug-likeness (QED) is 0.171. The van der Waals surface area contributed by atoms with E-state index in [0.29, 0.717) is 5.82 Å². The molecule has 0 saturated heterocycles. The largest absolute Gasteiger partial charge is 0.455 e. The lowest BCUT2D eigenvalue weighted by atomic mass is 9.89. The standard InChI is InChI=1S/C52H32N2OS/c1-3-14-33(15-4-1)46-32-47(54-52(53-46)34-16-5-2-6-17-34)38-29-36(28-37(30-38)41-22-13-23-44-42-20-9-11-24-48(42)55-51(41)44)40-19-8-7-18-39(40)35-26-27-50-45(31-35)43-21-10-12-25-49(43)56-50/h1-32H. The van der Waals surface area contributed by atoms with E-state index in [9.17, 15) is 0 Å². The highest BCUT2D eigenvalue weighted by Gasteiger charge is 2.18. The molecule has 11 rings (SSSR count). The molecule has 11 aromatic rings. The van der Waals surface area contributed by atoms with Gasteiger partial charge in [0.15, 0.2) is 5.82 Å². The third kappa shape index (κ3) is 5.58. The van der Waals surface area contributed by atoms with Gasteiger partial charge in [-0.2, -0.15) is 0 Å². The molecule has 3 nitrogen and oxygen atoms in total. The SMILES string of the molecule is c1ccc(-c2cc(-c3cc(-c4ccccc4-c4ccc5sc6ccccc6c5c4)cc(-c4cccc5c4oc4ccccc45)c3)nc(-c3ccccc3)n2)cc1. The third-order valence-electron chi connectivity index (χ3n) is 10.7. The number of fused-ring (bicyclic) bond motifs is 6. The highest BCUT2D eigenvalue weighted by Crippen LogP contribution is 2.43. The van der Waals surface area contributed by atoms with E-state index in [4.69, 9.17) is 14.4 Å². The summed E-state index contributed by atoms with van der Waals surface area (Å²) in [5, 5.41) is 4.79. The highest BCUT2D eigenvalue weighted by atomic mass is 32.1. The fourth-order valence-electron chi connectivity index (χ4n) is 8.01. The molecule has 0 amide bonds. The number of rotatable bonds is 6. The predicted octanol–water partition coefficient (Wildman–Crippen LogP) is 14.7. The van der Waals surface area contributed by atoms with Crippen LogP contribution in [0.25, 0.3) is 109 Å². The summed E-state index contributed by atoms with van der Waals surface area (Å²) in [4.78, 5) is 10.4. The maximum absolute atomic E-state index is 6.62. The monoisotopic (exact) mass is 732 g/mol. The first-order valence-electron chi connectivity index (χ1n) is 18.8. The fraction of sp³-hybridized carbons (Fsp3) is 0. The van der Waals surface area contributed by atoms with Crippen molar-refractivity contribution in [3.05, 3.63) is 194 Å². The molecular weight excluding hydrogens is 701 g/mol. The molecule has 262 valence electrons. The summed E-state index contributed by atoms with van der Waals surface area (Å²) in [5.74, 6) is 0.685. The Bertz CT molecular complexity index is 3190. The summed E-state index contributed by atoms with van der Waals surface area (Å²) in [7, 11) is 0. The number of hydrogen-bond donors (Lipinski definition) is 0. The van der Waals surface area contributed by atoms with Gasteiger partial charge in [-0.15, -0.1) is 11.3 Å². The molecule has 0 spiro atoms. The average Bonchev–Trinajstić information content (AvgIpc) is 3.85. The molecule has 0 N–H and O–H groups in total. The number of nitrogens with zero attached hydrogens (tertiary/aromatic N) is 2. The van der Waals surface area contributed by atoms with Crippen LogP contribution in [-0.4, -0.2) is 9.97 Å². The lowest BCUT2D eigenvalue weighted by Gasteiger charge is -2.15. The molecule has 3 heterocycles. The molecule has 0 aliphatic heterocycles. The molecule has 8 aromatic carbocycles. The van der Waals surface area contributed by atoms with Gasteiger partial charge in [0.25, 0.3) is 0 Å². The normalized spacial score (nSPS) is 11.6. The Balaban J connectivity index is 1.16. The highest BCUT2D eigenvalue weighted by molar-refractivity contribution is 7.25. The first-order chi connectivity index (χ1) is 27.7. The summed E-state index contributed by atoms with van der Waals surface area (Å²) in [6.07, 6.45) is 0. The van der Waals surface area contributed by atoms with E-state index < -0.39 is 0 Å². The maximum Gasteiger partial charge on any atom is 0.160 e. The van der Waals surface area contributed by atoms with Crippen LogP contribution in [0.1, 0.15) is 0 Å². The number of thiophene rings is 1. The van der Waals surface area contributed by atoms with Crippen molar-refractivity contribution in [1.29, 1.82) is 0 Å². The number of benzene rings is 8. The van der Waals surface area contributed by atoms with Crippen molar-refractivity contribution < 1.29 is 4.42 Å². The van der Waals surface area contributed by atoms with Crippen molar-refractivity contribution in [2.75, 3.05) is 0 Å². The van der Waals surface area contributed by atoms with Crippen molar-refractivity contribution in [2.24, 2.45) is 0 Å². The van der Waals surface area contributed by atoms with Gasteiger partial charge in [0.1, 0.15) is 11.2 Å². The second kappa shape index (κ2) is 13.3. The van der Waals surface area contributed by atoms with Gasteiger partial charge in [-0.3, -0.25) is 0 Å². The van der Waals surface area contributed by atoms with Gasteiger partial charge in [-0.05, 0) is 76.3 Å². The molecule has 0 aliphatic rings. The van der Waals surface area contributed by atoms with Gasteiger partial charge in [0, 0.05) is 53.2 Å². The Morgan fingerprint density at radius 1 is 0.339 bits per heavy atom. The van der Waals surface area contributed by atoms with Crippen LogP contribution in [0.4, 0.5) is 0 Å². The van der Waals surface area contributed by atoms with Crippen LogP contribution in [0.2, 0.25) is 0 Å². The van der Waals surface area contributed by atoms with Gasteiger partial charge in [-0.1, -0.05) is 146 Å². The number of hydrogen-bond acceptors (Lipinski definition) is 4. The van der Waals surface area contributed by atoms with Gasteiger partial charge in [-0.25, -0.2) is 9.97 Å². The number of aromatic nitrogens is 2. The molecule has 0 radical (unpaired) electrons. The van der Waals surface area contributed by atoms with Crippen LogP contribution < -0.4 is 0 Å². The van der Waals surface area contributed by atoms with E-state index in [2.05, 4.69) is 158 Å². The van der Waals surface area contributed by atoms with Crippen molar-refractivity contribution in [3.8, 4) is 67.3 Å². The number of para-hydroxylation sites is 2. The summed E-state index contributed by atoms with van der Waals surface area (Å²) in [5.41, 5.74) is 13.2. The lowest BCUT2D eigenvalue weighted by molar-refractivity contribution is 0.670. The minimum Gasteiger partial charge on any atom is -0.455 e. The Hall–Kier alpha value is -7.14. The van der Waals surface area contributed by atoms with Crippen LogP contribution in [0.3, 0.4) is 0 Å².